The lowest BCUT2D eigenvalue weighted by Gasteiger charge is -2.38. The van der Waals surface area contributed by atoms with Crippen molar-refractivity contribution in [3.63, 3.8) is 0 Å². The van der Waals surface area contributed by atoms with Crippen LogP contribution in [0.4, 0.5) is 0 Å². The molecule has 0 radical (unpaired) electrons. The second-order valence-corrected chi connectivity index (χ2v) is 7.88. The average Bonchev–Trinajstić information content (AvgIpc) is 2.93. The lowest BCUT2D eigenvalue weighted by molar-refractivity contribution is -0.181. The Morgan fingerprint density at radius 2 is 1.81 bits per heavy atom. The fourth-order valence-electron chi connectivity index (χ4n) is 2.94. The van der Waals surface area contributed by atoms with Gasteiger partial charge < -0.3 is 14.2 Å². The van der Waals surface area contributed by atoms with E-state index in [4.69, 9.17) is 9.47 Å². The van der Waals surface area contributed by atoms with Crippen LogP contribution >= 0.6 is 0 Å². The molecule has 0 N–H and O–H groups in total. The summed E-state index contributed by atoms with van der Waals surface area (Å²) in [4.78, 5) is 11.5. The molecule has 1 unspecified atom stereocenters. The zero-order valence-electron chi connectivity index (χ0n) is 12.7. The van der Waals surface area contributed by atoms with Crippen molar-refractivity contribution in [3.05, 3.63) is 0 Å². The predicted molar refractivity (Wildman–Crippen MR) is 75.1 cm³/mol. The SMILES string of the molecule is COC(=O)C(C)S(=O)(=O)N(C)C1CCC2(CC1)OCCO2. The van der Waals surface area contributed by atoms with Crippen LogP contribution in [0.5, 0.6) is 0 Å². The summed E-state index contributed by atoms with van der Waals surface area (Å²) in [5.41, 5.74) is 0. The monoisotopic (exact) mass is 321 g/mol. The van der Waals surface area contributed by atoms with Crippen LogP contribution in [0.1, 0.15) is 32.6 Å². The Kier molecular flexibility index (Phi) is 4.92. The van der Waals surface area contributed by atoms with Crippen molar-refractivity contribution >= 4 is 16.0 Å². The number of rotatable bonds is 4. The molecule has 0 amide bonds. The van der Waals surface area contributed by atoms with Crippen LogP contribution in [0.2, 0.25) is 0 Å². The van der Waals surface area contributed by atoms with Gasteiger partial charge in [0.1, 0.15) is 0 Å². The number of nitrogens with zero attached hydrogens (tertiary/aromatic N) is 1. The number of hydrogen-bond donors (Lipinski definition) is 0. The molecule has 1 heterocycles. The molecular formula is C13H23NO6S. The van der Waals surface area contributed by atoms with Crippen molar-refractivity contribution in [2.75, 3.05) is 27.4 Å². The van der Waals surface area contributed by atoms with Crippen LogP contribution < -0.4 is 0 Å². The van der Waals surface area contributed by atoms with Crippen molar-refractivity contribution < 1.29 is 27.4 Å². The van der Waals surface area contributed by atoms with Crippen LogP contribution in [0.15, 0.2) is 0 Å². The first kappa shape index (κ1) is 16.7. The smallest absolute Gasteiger partial charge is 0.325 e. The van der Waals surface area contributed by atoms with Gasteiger partial charge in [-0.1, -0.05) is 0 Å². The highest BCUT2D eigenvalue weighted by molar-refractivity contribution is 7.90. The van der Waals surface area contributed by atoms with Crippen LogP contribution in [-0.4, -0.2) is 63.1 Å². The Morgan fingerprint density at radius 3 is 2.29 bits per heavy atom. The van der Waals surface area contributed by atoms with Gasteiger partial charge in [-0.2, -0.15) is 0 Å². The summed E-state index contributed by atoms with van der Waals surface area (Å²) in [6.45, 7) is 2.54. The summed E-state index contributed by atoms with van der Waals surface area (Å²) >= 11 is 0. The molecule has 0 bridgehead atoms. The maximum Gasteiger partial charge on any atom is 0.325 e. The van der Waals surface area contributed by atoms with E-state index >= 15 is 0 Å². The van der Waals surface area contributed by atoms with E-state index in [1.54, 1.807) is 0 Å². The maximum absolute atomic E-state index is 12.4. The van der Waals surface area contributed by atoms with E-state index in [0.29, 0.717) is 38.9 Å². The number of hydrogen-bond acceptors (Lipinski definition) is 6. The molecule has 1 aliphatic heterocycles. The average molecular weight is 321 g/mol. The normalized spacial score (nSPS) is 24.4. The Bertz CT molecular complexity index is 475. The number of methoxy groups -OCH3 is 1. The van der Waals surface area contributed by atoms with Crippen LogP contribution in [0.25, 0.3) is 0 Å². The van der Waals surface area contributed by atoms with Crippen LogP contribution in [0.3, 0.4) is 0 Å². The third kappa shape index (κ3) is 3.23. The lowest BCUT2D eigenvalue weighted by atomic mass is 9.90. The Morgan fingerprint density at radius 1 is 1.29 bits per heavy atom. The summed E-state index contributed by atoms with van der Waals surface area (Å²) in [5, 5.41) is -1.19. The zero-order chi connectivity index (χ0) is 15.7. The highest BCUT2D eigenvalue weighted by Gasteiger charge is 2.44. The Labute approximate surface area is 125 Å². The molecule has 2 fully saturated rings. The van der Waals surface area contributed by atoms with Gasteiger partial charge in [0.15, 0.2) is 11.0 Å². The summed E-state index contributed by atoms with van der Waals surface area (Å²) in [6, 6.07) is -0.138. The van der Waals surface area contributed by atoms with Gasteiger partial charge in [0.2, 0.25) is 10.0 Å². The largest absolute Gasteiger partial charge is 0.468 e. The summed E-state index contributed by atoms with van der Waals surface area (Å²) in [5.74, 6) is -1.26. The minimum absolute atomic E-state index is 0.138. The van der Waals surface area contributed by atoms with Crippen molar-refractivity contribution in [3.8, 4) is 0 Å². The molecule has 2 rings (SSSR count). The van der Waals surface area contributed by atoms with E-state index in [0.717, 1.165) is 0 Å². The predicted octanol–water partition coefficient (Wildman–Crippen LogP) is 0.495. The molecule has 7 nitrogen and oxygen atoms in total. The molecule has 1 saturated carbocycles. The van der Waals surface area contributed by atoms with E-state index in [2.05, 4.69) is 4.74 Å². The summed E-state index contributed by atoms with van der Waals surface area (Å²) < 4.78 is 41.9. The standard InChI is InChI=1S/C13H23NO6S/c1-10(12(15)18-3)21(16,17)14(2)11-4-6-13(7-5-11)19-8-9-20-13/h10-11H,4-9H2,1-3H3. The Balaban J connectivity index is 2.00. The first-order valence-electron chi connectivity index (χ1n) is 7.15. The molecule has 8 heteroatoms. The van der Waals surface area contributed by atoms with E-state index in [9.17, 15) is 13.2 Å². The van der Waals surface area contributed by atoms with Crippen LogP contribution in [0, 0.1) is 0 Å². The zero-order valence-corrected chi connectivity index (χ0v) is 13.5. The molecule has 1 saturated heterocycles. The molecule has 0 aromatic carbocycles. The van der Waals surface area contributed by atoms with Gasteiger partial charge in [-0.3, -0.25) is 4.79 Å². The van der Waals surface area contributed by atoms with Crippen LogP contribution in [-0.2, 0) is 29.0 Å². The number of carbonyl (C=O) groups excluding carboxylic acids is 1. The first-order chi connectivity index (χ1) is 9.82. The summed E-state index contributed by atoms with van der Waals surface area (Å²) in [7, 11) is -0.998. The van der Waals surface area contributed by atoms with Gasteiger partial charge >= 0.3 is 5.97 Å². The van der Waals surface area contributed by atoms with Gasteiger partial charge in [-0.15, -0.1) is 0 Å². The van der Waals surface area contributed by atoms with Gasteiger partial charge in [0.05, 0.1) is 20.3 Å². The molecular weight excluding hydrogens is 298 g/mol. The second kappa shape index (κ2) is 6.20. The first-order valence-corrected chi connectivity index (χ1v) is 8.65. The van der Waals surface area contributed by atoms with E-state index in [1.165, 1.54) is 25.4 Å². The quantitative estimate of drug-likeness (QED) is 0.701. The third-order valence-electron chi connectivity index (χ3n) is 4.43. The minimum Gasteiger partial charge on any atom is -0.468 e. The molecule has 0 aromatic rings. The number of sulfonamides is 1. The fourth-order valence-corrected chi connectivity index (χ4v) is 4.40. The maximum atomic E-state index is 12.4. The number of esters is 1. The molecule has 0 aromatic heterocycles. The number of carbonyl (C=O) groups is 1. The topological polar surface area (TPSA) is 82.1 Å². The van der Waals surface area contributed by atoms with E-state index in [-0.39, 0.29) is 6.04 Å². The molecule has 1 atom stereocenters. The molecule has 1 aliphatic carbocycles. The van der Waals surface area contributed by atoms with Crippen molar-refractivity contribution in [1.82, 2.24) is 4.31 Å². The molecule has 122 valence electrons. The van der Waals surface area contributed by atoms with Crippen molar-refractivity contribution in [1.29, 1.82) is 0 Å². The van der Waals surface area contributed by atoms with Crippen molar-refractivity contribution in [2.24, 2.45) is 0 Å². The molecule has 21 heavy (non-hydrogen) atoms. The van der Waals surface area contributed by atoms with Gasteiger partial charge in [0, 0.05) is 25.9 Å². The molecule has 1 spiro atoms. The fraction of sp³-hybridized carbons (Fsp3) is 0.923. The van der Waals surface area contributed by atoms with Gasteiger partial charge in [-0.05, 0) is 19.8 Å². The van der Waals surface area contributed by atoms with Crippen molar-refractivity contribution in [2.45, 2.75) is 49.7 Å². The third-order valence-corrected chi connectivity index (χ3v) is 6.61. The van der Waals surface area contributed by atoms with E-state index < -0.39 is 27.0 Å². The van der Waals surface area contributed by atoms with Gasteiger partial charge in [-0.25, -0.2) is 12.7 Å². The second-order valence-electron chi connectivity index (χ2n) is 5.57. The molecule has 2 aliphatic rings. The Hall–Kier alpha value is -0.700. The van der Waals surface area contributed by atoms with E-state index in [1.807, 2.05) is 0 Å². The minimum atomic E-state index is -3.71. The number of ether oxygens (including phenoxy) is 3. The summed E-state index contributed by atoms with van der Waals surface area (Å²) in [6.07, 6.45) is 2.65. The highest BCUT2D eigenvalue weighted by Crippen LogP contribution is 2.37. The van der Waals surface area contributed by atoms with Gasteiger partial charge in [0.25, 0.3) is 0 Å². The lowest BCUT2D eigenvalue weighted by Crippen LogP contribution is -2.48. The highest BCUT2D eigenvalue weighted by atomic mass is 32.2.